The van der Waals surface area contributed by atoms with Crippen LogP contribution in [0.4, 0.5) is 22.7 Å². The van der Waals surface area contributed by atoms with E-state index in [1.165, 1.54) is 12.1 Å². The lowest BCUT2D eigenvalue weighted by Gasteiger charge is -2.32. The summed E-state index contributed by atoms with van der Waals surface area (Å²) in [6.45, 7) is 16.2. The topological polar surface area (TPSA) is 99.4 Å². The molecule has 1 aliphatic rings. The molecule has 1 aliphatic heterocycles. The van der Waals surface area contributed by atoms with Gasteiger partial charge in [-0.1, -0.05) is 27.7 Å². The number of benzene rings is 2. The lowest BCUT2D eigenvalue weighted by molar-refractivity contribution is -0.384. The summed E-state index contributed by atoms with van der Waals surface area (Å²) in [6, 6.07) is 10.1. The molecule has 0 aromatic heterocycles. The third kappa shape index (κ3) is 7.81. The van der Waals surface area contributed by atoms with E-state index >= 15 is 0 Å². The number of non-ortho nitro benzene ring substituents is 1. The molecular formula is C30H45N5O4S. The number of nitro groups is 1. The van der Waals surface area contributed by atoms with Gasteiger partial charge in [-0.15, -0.1) is 0 Å². The molecule has 220 valence electrons. The minimum Gasteiger partial charge on any atom is -0.372 e. The lowest BCUT2D eigenvalue weighted by Crippen LogP contribution is -2.38. The predicted octanol–water partition coefficient (Wildman–Crippen LogP) is 6.48. The summed E-state index contributed by atoms with van der Waals surface area (Å²) in [6.07, 6.45) is 4.81. The Balaban J connectivity index is 2.12. The normalized spacial score (nSPS) is 14.6. The van der Waals surface area contributed by atoms with Gasteiger partial charge in [0, 0.05) is 68.9 Å². The first-order valence-corrected chi connectivity index (χ1v) is 15.9. The van der Waals surface area contributed by atoms with Crippen LogP contribution in [-0.4, -0.2) is 63.1 Å². The van der Waals surface area contributed by atoms with Crippen LogP contribution in [0, 0.1) is 22.0 Å². The van der Waals surface area contributed by atoms with Crippen LogP contribution in [0.2, 0.25) is 0 Å². The molecule has 10 heteroatoms. The lowest BCUT2D eigenvalue weighted by atomic mass is 10.1. The highest BCUT2D eigenvalue weighted by Gasteiger charge is 2.30. The van der Waals surface area contributed by atoms with Crippen molar-refractivity contribution in [3.05, 3.63) is 52.1 Å². The maximum absolute atomic E-state index is 14.2. The average Bonchev–Trinajstić information content (AvgIpc) is 2.92. The molecule has 2 aromatic carbocycles. The number of piperidine rings is 1. The first-order valence-electron chi connectivity index (χ1n) is 14.4. The Morgan fingerprint density at radius 1 is 0.975 bits per heavy atom. The molecule has 0 saturated carbocycles. The molecule has 1 saturated heterocycles. The zero-order valence-corrected chi connectivity index (χ0v) is 25.7. The molecule has 0 spiro atoms. The molecule has 0 radical (unpaired) electrons. The molecule has 9 nitrogen and oxygen atoms in total. The molecule has 0 atom stereocenters. The molecule has 0 bridgehead atoms. The van der Waals surface area contributed by atoms with Gasteiger partial charge in [0.15, 0.2) is 0 Å². The smallest absolute Gasteiger partial charge is 0.270 e. The second-order valence-corrected chi connectivity index (χ2v) is 13.1. The van der Waals surface area contributed by atoms with E-state index in [1.807, 2.05) is 53.7 Å². The molecule has 0 amide bonds. The molecule has 0 unspecified atom stereocenters. The second-order valence-electron chi connectivity index (χ2n) is 11.2. The third-order valence-corrected chi connectivity index (χ3v) is 8.94. The molecule has 0 N–H and O–H groups in total. The largest absolute Gasteiger partial charge is 0.372 e. The summed E-state index contributed by atoms with van der Waals surface area (Å²) in [5.41, 5.74) is 2.65. The van der Waals surface area contributed by atoms with E-state index in [2.05, 4.69) is 14.8 Å². The number of rotatable bonds is 13. The molecule has 40 heavy (non-hydrogen) atoms. The maximum atomic E-state index is 14.2. The summed E-state index contributed by atoms with van der Waals surface area (Å²) in [5.74, 6) is 0.362. The van der Waals surface area contributed by atoms with Crippen molar-refractivity contribution in [1.29, 1.82) is 0 Å². The molecule has 2 aromatic rings. The number of nitro benzene ring substituents is 1. The molecule has 1 heterocycles. The van der Waals surface area contributed by atoms with Crippen molar-refractivity contribution in [3.8, 4) is 0 Å². The van der Waals surface area contributed by atoms with Crippen molar-refractivity contribution < 1.29 is 13.3 Å². The van der Waals surface area contributed by atoms with Crippen LogP contribution < -0.4 is 9.80 Å². The Hall–Kier alpha value is -2.98. The van der Waals surface area contributed by atoms with Crippen molar-refractivity contribution in [3.63, 3.8) is 0 Å². The Morgan fingerprint density at radius 3 is 2.15 bits per heavy atom. The highest BCUT2D eigenvalue weighted by Crippen LogP contribution is 2.34. The maximum Gasteiger partial charge on any atom is 0.270 e. The number of sulfonamides is 1. The fourth-order valence-corrected chi connectivity index (χ4v) is 7.16. The quantitative estimate of drug-likeness (QED) is 0.155. The number of nitrogens with zero attached hydrogens (tertiary/aromatic N) is 5. The molecule has 3 rings (SSSR count). The van der Waals surface area contributed by atoms with Crippen molar-refractivity contribution >= 4 is 39.0 Å². The van der Waals surface area contributed by atoms with Crippen molar-refractivity contribution in [2.75, 3.05) is 49.1 Å². The molecular weight excluding hydrogens is 526 g/mol. The molecule has 0 aliphatic carbocycles. The van der Waals surface area contributed by atoms with E-state index in [0.717, 1.165) is 56.8 Å². The van der Waals surface area contributed by atoms with Gasteiger partial charge in [-0.25, -0.2) is 8.42 Å². The first-order chi connectivity index (χ1) is 19.0. The van der Waals surface area contributed by atoms with Gasteiger partial charge in [0.25, 0.3) is 5.69 Å². The summed E-state index contributed by atoms with van der Waals surface area (Å²) >= 11 is 0. The van der Waals surface area contributed by atoms with E-state index < -0.39 is 14.9 Å². The van der Waals surface area contributed by atoms with Gasteiger partial charge < -0.3 is 9.80 Å². The zero-order valence-electron chi connectivity index (χ0n) is 24.8. The third-order valence-electron chi connectivity index (χ3n) is 7.07. The van der Waals surface area contributed by atoms with Gasteiger partial charge in [0.1, 0.15) is 4.90 Å². The highest BCUT2D eigenvalue weighted by molar-refractivity contribution is 7.89. The summed E-state index contributed by atoms with van der Waals surface area (Å²) in [5, 5.41) is 11.5. The zero-order chi connectivity index (χ0) is 29.4. The fraction of sp³-hybridized carbons (Fsp3) is 0.567. The number of hydrogen-bond donors (Lipinski definition) is 0. The Morgan fingerprint density at radius 2 is 1.60 bits per heavy atom. The van der Waals surface area contributed by atoms with Gasteiger partial charge in [-0.2, -0.15) is 4.31 Å². The van der Waals surface area contributed by atoms with E-state index in [-0.39, 0.29) is 22.4 Å². The SMILES string of the molecule is CCN(CC)c1ccc([N+](=O)[O-])cc1C=Nc1ccc(N2CCCCC2)c(S(=O)(=O)N(CC(C)C)CC(C)C)c1. The predicted molar refractivity (Wildman–Crippen MR) is 165 cm³/mol. The van der Waals surface area contributed by atoms with Crippen LogP contribution in [0.5, 0.6) is 0 Å². The van der Waals surface area contributed by atoms with Gasteiger partial charge in [-0.3, -0.25) is 15.1 Å². The van der Waals surface area contributed by atoms with Crippen LogP contribution in [-0.2, 0) is 10.0 Å². The van der Waals surface area contributed by atoms with Gasteiger partial charge in [-0.05, 0) is 69.2 Å². The van der Waals surface area contributed by atoms with Crippen molar-refractivity contribution in [2.45, 2.75) is 65.7 Å². The Labute approximate surface area is 240 Å². The number of aliphatic imine (C=N–C) groups is 1. The molecule has 1 fully saturated rings. The number of anilines is 2. The van der Waals surface area contributed by atoms with Crippen molar-refractivity contribution in [1.82, 2.24) is 4.31 Å². The second kappa shape index (κ2) is 14.1. The summed E-state index contributed by atoms with van der Waals surface area (Å²) in [7, 11) is -3.80. The van der Waals surface area contributed by atoms with Crippen LogP contribution >= 0.6 is 0 Å². The number of hydrogen-bond acceptors (Lipinski definition) is 7. The Kier molecular flexibility index (Phi) is 11.1. The first kappa shape index (κ1) is 31.5. The monoisotopic (exact) mass is 571 g/mol. The van der Waals surface area contributed by atoms with Crippen LogP contribution in [0.25, 0.3) is 0 Å². The van der Waals surface area contributed by atoms with E-state index in [9.17, 15) is 18.5 Å². The average molecular weight is 572 g/mol. The van der Waals surface area contributed by atoms with Gasteiger partial charge in [0.05, 0.1) is 16.3 Å². The van der Waals surface area contributed by atoms with E-state index in [4.69, 9.17) is 0 Å². The fourth-order valence-electron chi connectivity index (χ4n) is 5.17. The van der Waals surface area contributed by atoms with Crippen LogP contribution in [0.15, 0.2) is 46.3 Å². The summed E-state index contributed by atoms with van der Waals surface area (Å²) < 4.78 is 30.0. The summed E-state index contributed by atoms with van der Waals surface area (Å²) in [4.78, 5) is 20.3. The highest BCUT2D eigenvalue weighted by atomic mass is 32.2. The standard InChI is InChI=1S/C30H45N5O4S/c1-7-32(8-2)28-15-13-27(35(36)37)18-25(28)20-31-26-12-14-29(33-16-10-9-11-17-33)30(19-26)40(38,39)34(21-23(3)4)22-24(5)6/h12-15,18-20,23-24H,7-11,16-17,21-22H2,1-6H3. The van der Waals surface area contributed by atoms with E-state index in [0.29, 0.717) is 24.3 Å². The van der Waals surface area contributed by atoms with Crippen LogP contribution in [0.1, 0.15) is 66.4 Å². The van der Waals surface area contributed by atoms with Crippen molar-refractivity contribution in [2.24, 2.45) is 16.8 Å². The van der Waals surface area contributed by atoms with Gasteiger partial charge >= 0.3 is 0 Å². The minimum atomic E-state index is -3.80. The minimum absolute atomic E-state index is 0.0147. The van der Waals surface area contributed by atoms with Gasteiger partial charge in [0.2, 0.25) is 10.0 Å². The van der Waals surface area contributed by atoms with E-state index in [1.54, 1.807) is 22.7 Å². The Bertz CT molecular complexity index is 1270. The van der Waals surface area contributed by atoms with Crippen LogP contribution in [0.3, 0.4) is 0 Å².